The van der Waals surface area contributed by atoms with Gasteiger partial charge in [-0.25, -0.2) is 4.68 Å². The van der Waals surface area contributed by atoms with Gasteiger partial charge in [0.05, 0.1) is 27.4 Å². The lowest BCUT2D eigenvalue weighted by atomic mass is 10.1. The monoisotopic (exact) mass is 599 g/mol. The number of amides is 3. The van der Waals surface area contributed by atoms with Gasteiger partial charge in [-0.1, -0.05) is 29.3 Å². The molecule has 0 saturated carbocycles. The van der Waals surface area contributed by atoms with E-state index in [2.05, 4.69) is 26.2 Å². The minimum absolute atomic E-state index is 0.172. The number of Topliss-reactive ketones (excluding diaryl/α,β-unsaturated/α-hetero) is 1. The molecule has 3 rings (SSSR count). The lowest BCUT2D eigenvalue weighted by molar-refractivity contribution is -0.144. The van der Waals surface area contributed by atoms with Gasteiger partial charge in [0.2, 0.25) is 22.9 Å². The Morgan fingerprint density at radius 2 is 1.90 bits per heavy atom. The van der Waals surface area contributed by atoms with Gasteiger partial charge in [0, 0.05) is 13.5 Å². The summed E-state index contributed by atoms with van der Waals surface area (Å²) in [5.41, 5.74) is 0. The third kappa shape index (κ3) is 8.13. The predicted molar refractivity (Wildman–Crippen MR) is 140 cm³/mol. The number of nitrogens with zero attached hydrogens (tertiary/aromatic N) is 5. The fourth-order valence-electron chi connectivity index (χ4n) is 3.98. The van der Waals surface area contributed by atoms with E-state index >= 15 is 0 Å². The molecule has 2 aromatic rings. The molecule has 39 heavy (non-hydrogen) atoms. The number of nitrogens with one attached hydrogen (secondary N) is 2. The molecule has 1 saturated heterocycles. The molecule has 3 N–H and O–H groups in total. The minimum atomic E-state index is -1.42. The zero-order chi connectivity index (χ0) is 28.7. The number of likely N-dealkylation sites (tertiary alicyclic amines) is 1. The minimum Gasteiger partial charge on any atom is -0.481 e. The number of tetrazole rings is 1. The molecule has 1 aromatic heterocycles. The predicted octanol–water partition coefficient (Wildman–Crippen LogP) is 1.57. The quantitative estimate of drug-likeness (QED) is 0.343. The molecule has 210 valence electrons. The van der Waals surface area contributed by atoms with Crippen molar-refractivity contribution in [2.75, 3.05) is 6.54 Å². The lowest BCUT2D eigenvalue weighted by Gasteiger charge is -2.30. The van der Waals surface area contributed by atoms with Crippen molar-refractivity contribution in [3.8, 4) is 0 Å². The van der Waals surface area contributed by atoms with Crippen LogP contribution >= 0.6 is 35.0 Å². The molecular weight excluding hydrogens is 573 g/mol. The second-order valence-corrected chi connectivity index (χ2v) is 10.6. The average Bonchev–Trinajstić information content (AvgIpc) is 3.21. The largest absolute Gasteiger partial charge is 0.481 e. The van der Waals surface area contributed by atoms with Gasteiger partial charge >= 0.3 is 5.97 Å². The second kappa shape index (κ2) is 13.7. The number of aromatic nitrogens is 4. The Kier molecular flexibility index (Phi) is 10.7. The van der Waals surface area contributed by atoms with Gasteiger partial charge in [-0.3, -0.25) is 24.0 Å². The maximum absolute atomic E-state index is 13.1. The summed E-state index contributed by atoms with van der Waals surface area (Å²) in [5, 5.41) is 26.6. The molecule has 2 heterocycles. The molecule has 1 aliphatic rings. The highest BCUT2D eigenvalue weighted by atomic mass is 35.5. The summed E-state index contributed by atoms with van der Waals surface area (Å²) in [6.07, 6.45) is 1.04. The molecule has 3 unspecified atom stereocenters. The lowest BCUT2D eigenvalue weighted by Crippen LogP contribution is -2.56. The van der Waals surface area contributed by atoms with Gasteiger partial charge in [-0.05, 0) is 60.5 Å². The van der Waals surface area contributed by atoms with E-state index in [4.69, 9.17) is 23.2 Å². The number of hydrogen-bond donors (Lipinski definition) is 3. The van der Waals surface area contributed by atoms with Crippen LogP contribution in [0.15, 0.2) is 28.3 Å². The number of rotatable bonds is 11. The topological polar surface area (TPSA) is 176 Å². The molecule has 1 aliphatic heterocycles. The molecule has 3 atom stereocenters. The maximum atomic E-state index is 13.1. The summed E-state index contributed by atoms with van der Waals surface area (Å²) >= 11 is 13.4. The third-order valence-electron chi connectivity index (χ3n) is 5.95. The Balaban J connectivity index is 1.73. The Hall–Kier alpha value is -3.23. The first-order valence-corrected chi connectivity index (χ1v) is 13.6. The standard InChI is InChI=1S/C23H27Cl2N7O6S/c1-12(31-9-4-3-8-16(22(31)38)26-13(2)33)21(37)27-17(10-19(35)36)18(34)11-32-23(28-29-30-32)39-20-14(24)6-5-7-15(20)25/h5-7,12,16-17H,3-4,8-11H2,1-2H3,(H,26,33)(H,27,37)(H,35,36). The van der Waals surface area contributed by atoms with Crippen molar-refractivity contribution < 1.29 is 29.1 Å². The van der Waals surface area contributed by atoms with Crippen molar-refractivity contribution in [3.05, 3.63) is 28.2 Å². The van der Waals surface area contributed by atoms with Gasteiger partial charge in [-0.2, -0.15) is 0 Å². The zero-order valence-corrected chi connectivity index (χ0v) is 23.4. The number of ketones is 1. The molecule has 0 radical (unpaired) electrons. The van der Waals surface area contributed by atoms with E-state index in [-0.39, 0.29) is 17.6 Å². The van der Waals surface area contributed by atoms with Gasteiger partial charge in [0.1, 0.15) is 18.6 Å². The van der Waals surface area contributed by atoms with Gasteiger partial charge in [-0.15, -0.1) is 5.10 Å². The van der Waals surface area contributed by atoms with Gasteiger partial charge in [0.15, 0.2) is 5.78 Å². The van der Waals surface area contributed by atoms with Crippen LogP contribution in [0.1, 0.15) is 39.5 Å². The van der Waals surface area contributed by atoms with Crippen LogP contribution in [0.4, 0.5) is 0 Å². The first-order valence-electron chi connectivity index (χ1n) is 12.0. The Labute approximate surface area is 237 Å². The molecule has 1 fully saturated rings. The summed E-state index contributed by atoms with van der Waals surface area (Å²) in [4.78, 5) is 64.0. The van der Waals surface area contributed by atoms with Crippen LogP contribution in [0.2, 0.25) is 10.0 Å². The van der Waals surface area contributed by atoms with E-state index in [1.807, 2.05) is 0 Å². The summed E-state index contributed by atoms with van der Waals surface area (Å²) < 4.78 is 1.15. The summed E-state index contributed by atoms with van der Waals surface area (Å²) in [5.74, 6) is -3.47. The van der Waals surface area contributed by atoms with Crippen molar-refractivity contribution >= 4 is 64.4 Å². The van der Waals surface area contributed by atoms with Crippen LogP contribution in [-0.2, 0) is 30.5 Å². The average molecular weight is 600 g/mol. The Morgan fingerprint density at radius 1 is 1.21 bits per heavy atom. The van der Waals surface area contributed by atoms with Crippen molar-refractivity contribution in [1.29, 1.82) is 0 Å². The normalized spacial score (nSPS) is 17.2. The molecule has 0 bridgehead atoms. The second-order valence-electron chi connectivity index (χ2n) is 8.85. The van der Waals surface area contributed by atoms with E-state index < -0.39 is 54.7 Å². The summed E-state index contributed by atoms with van der Waals surface area (Å²) in [7, 11) is 0. The number of carboxylic acid groups (broad SMARTS) is 1. The fraction of sp³-hybridized carbons (Fsp3) is 0.478. The van der Waals surface area contributed by atoms with Crippen LogP contribution in [-0.4, -0.2) is 84.4 Å². The Morgan fingerprint density at radius 3 is 2.54 bits per heavy atom. The number of benzene rings is 1. The van der Waals surface area contributed by atoms with E-state index in [9.17, 15) is 29.1 Å². The van der Waals surface area contributed by atoms with Crippen LogP contribution in [0, 0.1) is 0 Å². The van der Waals surface area contributed by atoms with E-state index in [0.717, 1.165) is 16.4 Å². The SMILES string of the molecule is CC(=O)NC1CCCCN(C(C)C(=O)NC(CC(=O)O)C(=O)Cn2nnnc2Sc2c(Cl)cccc2Cl)C1=O. The molecule has 3 amide bonds. The first-order chi connectivity index (χ1) is 18.5. The molecule has 13 nitrogen and oxygen atoms in total. The van der Waals surface area contributed by atoms with Crippen LogP contribution in [0.25, 0.3) is 0 Å². The van der Waals surface area contributed by atoms with Crippen LogP contribution in [0.5, 0.6) is 0 Å². The highest BCUT2D eigenvalue weighted by Crippen LogP contribution is 2.37. The first kappa shape index (κ1) is 30.3. The zero-order valence-electron chi connectivity index (χ0n) is 21.1. The number of hydrogen-bond acceptors (Lipinski definition) is 9. The van der Waals surface area contributed by atoms with Crippen molar-refractivity contribution in [3.63, 3.8) is 0 Å². The van der Waals surface area contributed by atoms with Crippen molar-refractivity contribution in [2.45, 2.75) is 74.3 Å². The number of carbonyl (C=O) groups is 5. The number of aliphatic carboxylic acids is 1. The summed E-state index contributed by atoms with van der Waals surface area (Å²) in [6.45, 7) is 2.61. The molecule has 0 spiro atoms. The molecule has 1 aromatic carbocycles. The fourth-order valence-corrected chi connectivity index (χ4v) is 5.41. The van der Waals surface area contributed by atoms with E-state index in [0.29, 0.717) is 34.2 Å². The molecular formula is C23H27Cl2N7O6S. The number of halogens is 2. The summed E-state index contributed by atoms with van der Waals surface area (Å²) in [6, 6.07) is 1.72. The van der Waals surface area contributed by atoms with Crippen LogP contribution < -0.4 is 10.6 Å². The third-order valence-corrected chi connectivity index (χ3v) is 7.92. The number of carboxylic acids is 1. The van der Waals surface area contributed by atoms with Gasteiger partial charge < -0.3 is 20.6 Å². The van der Waals surface area contributed by atoms with Gasteiger partial charge in [0.25, 0.3) is 0 Å². The highest BCUT2D eigenvalue weighted by Gasteiger charge is 2.35. The highest BCUT2D eigenvalue weighted by molar-refractivity contribution is 7.99. The van der Waals surface area contributed by atoms with E-state index in [1.54, 1.807) is 18.2 Å². The van der Waals surface area contributed by atoms with Crippen LogP contribution in [0.3, 0.4) is 0 Å². The van der Waals surface area contributed by atoms with Crippen molar-refractivity contribution in [1.82, 2.24) is 35.7 Å². The maximum Gasteiger partial charge on any atom is 0.305 e. The number of carbonyl (C=O) groups excluding carboxylic acids is 4. The Bertz CT molecular complexity index is 1240. The molecule has 16 heteroatoms. The smallest absolute Gasteiger partial charge is 0.305 e. The molecule has 0 aliphatic carbocycles. The van der Waals surface area contributed by atoms with E-state index in [1.165, 1.54) is 18.7 Å². The van der Waals surface area contributed by atoms with Crippen molar-refractivity contribution in [2.24, 2.45) is 0 Å².